The van der Waals surface area contributed by atoms with Crippen molar-refractivity contribution in [2.45, 2.75) is 62.6 Å². The fourth-order valence-corrected chi connectivity index (χ4v) is 4.53. The summed E-state index contributed by atoms with van der Waals surface area (Å²) < 4.78 is 0. The van der Waals surface area contributed by atoms with Gasteiger partial charge in [0.05, 0.1) is 7.85 Å². The third-order valence-corrected chi connectivity index (χ3v) is 6.71. The zero-order valence-corrected chi connectivity index (χ0v) is 18.8. The fourth-order valence-electron chi connectivity index (χ4n) is 4.41. The lowest BCUT2D eigenvalue weighted by Crippen LogP contribution is -2.53. The van der Waals surface area contributed by atoms with Crippen LogP contribution in [0, 0.1) is 0 Å². The number of phenolic OH excluding ortho intramolecular Hbond substituents is 1. The number of aliphatic hydroxyl groups excluding tert-OH is 1. The first-order valence-electron chi connectivity index (χ1n) is 10.9. The van der Waals surface area contributed by atoms with Crippen molar-refractivity contribution in [3.05, 3.63) is 64.2 Å². The van der Waals surface area contributed by atoms with E-state index in [0.29, 0.717) is 37.4 Å². The quantitative estimate of drug-likeness (QED) is 0.409. The molecule has 8 heteroatoms. The minimum atomic E-state index is -1.56. The van der Waals surface area contributed by atoms with Gasteiger partial charge in [0.25, 0.3) is 0 Å². The monoisotopic (exact) mass is 456 g/mol. The highest BCUT2D eigenvalue weighted by Gasteiger charge is 2.40. The highest BCUT2D eigenvalue weighted by Crippen LogP contribution is 2.34. The number of benzene rings is 2. The number of rotatable bonds is 10. The molecular weight excluding hydrogens is 427 g/mol. The zero-order chi connectivity index (χ0) is 23.3. The molecule has 0 aliphatic carbocycles. The number of fused-ring (bicyclic) bond motifs is 1. The molecule has 2 aromatic carbocycles. The summed E-state index contributed by atoms with van der Waals surface area (Å²) in [5, 5.41) is 29.5. The van der Waals surface area contributed by atoms with Gasteiger partial charge in [0.15, 0.2) is 0 Å². The van der Waals surface area contributed by atoms with Crippen molar-refractivity contribution in [3.63, 3.8) is 0 Å². The van der Waals surface area contributed by atoms with Gasteiger partial charge >= 0.3 is 5.97 Å². The van der Waals surface area contributed by atoms with E-state index in [2.05, 4.69) is 4.90 Å². The van der Waals surface area contributed by atoms with E-state index in [1.165, 1.54) is 0 Å². The summed E-state index contributed by atoms with van der Waals surface area (Å²) in [6.45, 7) is 1.25. The van der Waals surface area contributed by atoms with E-state index in [4.69, 9.17) is 30.3 Å². The molecule has 0 bridgehead atoms. The number of carbonyl (C=O) groups is 1. The second-order valence-corrected chi connectivity index (χ2v) is 9.14. The predicted molar refractivity (Wildman–Crippen MR) is 126 cm³/mol. The molecule has 3 unspecified atom stereocenters. The number of carboxylic acid groups (broad SMARTS) is 1. The summed E-state index contributed by atoms with van der Waals surface area (Å²) >= 11 is 6.02. The van der Waals surface area contributed by atoms with Crippen molar-refractivity contribution >= 4 is 25.4 Å². The molecule has 0 saturated heterocycles. The number of hydrogen-bond donors (Lipinski definition) is 4. The van der Waals surface area contributed by atoms with Gasteiger partial charge in [-0.15, -0.1) is 0 Å². The van der Waals surface area contributed by atoms with Crippen LogP contribution in [0.25, 0.3) is 0 Å². The summed E-state index contributed by atoms with van der Waals surface area (Å²) in [5.41, 5.74) is 8.04. The molecule has 0 fully saturated rings. The number of carboxylic acids is 1. The number of halogens is 1. The Kier molecular flexibility index (Phi) is 8.23. The Morgan fingerprint density at radius 2 is 1.97 bits per heavy atom. The van der Waals surface area contributed by atoms with Gasteiger partial charge in [-0.1, -0.05) is 36.2 Å². The SMILES string of the molecule is [B]C(CCCO)C(N)(CCC1Cc2ccc(O)cc2CN1Cc1ccc(Cl)cc1)C(=O)O. The van der Waals surface area contributed by atoms with Crippen molar-refractivity contribution < 1.29 is 20.1 Å². The largest absolute Gasteiger partial charge is 0.508 e. The Hall–Kier alpha value is -2.06. The van der Waals surface area contributed by atoms with Crippen LogP contribution in [0.5, 0.6) is 5.75 Å². The molecule has 1 aliphatic heterocycles. The minimum absolute atomic E-state index is 0.0511. The molecule has 3 atom stereocenters. The minimum Gasteiger partial charge on any atom is -0.508 e. The Labute approximate surface area is 195 Å². The Bertz CT molecular complexity index is 927. The average molecular weight is 457 g/mol. The van der Waals surface area contributed by atoms with Crippen LogP contribution >= 0.6 is 11.6 Å². The predicted octanol–water partition coefficient (Wildman–Crippen LogP) is 3.26. The molecule has 1 aliphatic rings. The van der Waals surface area contributed by atoms with Gasteiger partial charge in [0.1, 0.15) is 11.3 Å². The molecule has 170 valence electrons. The topological polar surface area (TPSA) is 107 Å². The van der Waals surface area contributed by atoms with E-state index in [1.807, 2.05) is 30.3 Å². The highest BCUT2D eigenvalue weighted by molar-refractivity contribution is 6.30. The van der Waals surface area contributed by atoms with Crippen LogP contribution < -0.4 is 5.73 Å². The van der Waals surface area contributed by atoms with Crippen molar-refractivity contribution in [2.24, 2.45) is 5.73 Å². The first-order valence-corrected chi connectivity index (χ1v) is 11.3. The molecule has 0 spiro atoms. The van der Waals surface area contributed by atoms with E-state index in [-0.39, 0.29) is 24.8 Å². The molecule has 32 heavy (non-hydrogen) atoms. The molecular formula is C24H30BClN2O4. The van der Waals surface area contributed by atoms with Gasteiger partial charge in [-0.25, -0.2) is 0 Å². The van der Waals surface area contributed by atoms with Gasteiger partial charge < -0.3 is 21.1 Å². The van der Waals surface area contributed by atoms with Gasteiger partial charge in [0.2, 0.25) is 0 Å². The van der Waals surface area contributed by atoms with Crippen molar-refractivity contribution in [3.8, 4) is 5.75 Å². The summed E-state index contributed by atoms with van der Waals surface area (Å²) in [6.07, 6.45) is 2.27. The third-order valence-electron chi connectivity index (χ3n) is 6.46. The number of nitrogens with zero attached hydrogens (tertiary/aromatic N) is 1. The highest BCUT2D eigenvalue weighted by atomic mass is 35.5. The normalized spacial score (nSPS) is 19.2. The van der Waals surface area contributed by atoms with Crippen LogP contribution in [0.4, 0.5) is 0 Å². The van der Waals surface area contributed by atoms with Crippen LogP contribution in [-0.2, 0) is 24.3 Å². The summed E-state index contributed by atoms with van der Waals surface area (Å²) in [7, 11) is 6.15. The maximum Gasteiger partial charge on any atom is 0.323 e. The number of aliphatic hydroxyl groups is 1. The molecule has 0 saturated carbocycles. The van der Waals surface area contributed by atoms with Gasteiger partial charge in [0, 0.05) is 30.8 Å². The van der Waals surface area contributed by atoms with Gasteiger partial charge in [-0.05, 0) is 72.5 Å². The van der Waals surface area contributed by atoms with E-state index in [0.717, 1.165) is 23.1 Å². The van der Waals surface area contributed by atoms with E-state index >= 15 is 0 Å². The molecule has 1 heterocycles. The molecule has 5 N–H and O–H groups in total. The second-order valence-electron chi connectivity index (χ2n) is 8.70. The maximum atomic E-state index is 12.0. The van der Waals surface area contributed by atoms with Gasteiger partial charge in [-0.3, -0.25) is 9.69 Å². The summed E-state index contributed by atoms with van der Waals surface area (Å²) in [6, 6.07) is 13.1. The molecule has 0 amide bonds. The fraction of sp³-hybridized carbons (Fsp3) is 0.458. The lowest BCUT2D eigenvalue weighted by atomic mass is 9.66. The van der Waals surface area contributed by atoms with Crippen molar-refractivity contribution in [1.29, 1.82) is 0 Å². The lowest BCUT2D eigenvalue weighted by Gasteiger charge is -2.40. The number of nitrogens with two attached hydrogens (primary N) is 1. The van der Waals surface area contributed by atoms with Crippen LogP contribution in [0.1, 0.15) is 42.4 Å². The number of phenols is 1. The van der Waals surface area contributed by atoms with E-state index in [1.54, 1.807) is 12.1 Å². The van der Waals surface area contributed by atoms with Crippen LogP contribution in [0.2, 0.25) is 10.8 Å². The van der Waals surface area contributed by atoms with Gasteiger partial charge in [-0.2, -0.15) is 0 Å². The van der Waals surface area contributed by atoms with Crippen molar-refractivity contribution in [1.82, 2.24) is 4.90 Å². The molecule has 0 aromatic heterocycles. The smallest absolute Gasteiger partial charge is 0.323 e. The summed E-state index contributed by atoms with van der Waals surface area (Å²) in [5.74, 6) is -1.63. The number of hydrogen-bond acceptors (Lipinski definition) is 5. The molecule has 3 rings (SSSR count). The average Bonchev–Trinajstić information content (AvgIpc) is 2.77. The Balaban J connectivity index is 1.80. The third kappa shape index (κ3) is 5.84. The van der Waals surface area contributed by atoms with Crippen LogP contribution in [0.15, 0.2) is 42.5 Å². The van der Waals surface area contributed by atoms with Crippen LogP contribution in [0.3, 0.4) is 0 Å². The maximum absolute atomic E-state index is 12.0. The van der Waals surface area contributed by atoms with E-state index in [9.17, 15) is 15.0 Å². The standard InChI is InChI=1S/C24H30BClN2O4/c25-22(2-1-11-29)24(27,23(31)32)10-9-20-12-17-5-8-21(30)13-18(17)15-28(20)14-16-3-6-19(26)7-4-16/h3-8,13,20,22,29-30H,1-2,9-12,14-15,27H2,(H,31,32). The Morgan fingerprint density at radius 3 is 2.62 bits per heavy atom. The number of aliphatic carboxylic acids is 1. The molecule has 6 nitrogen and oxygen atoms in total. The van der Waals surface area contributed by atoms with Crippen LogP contribution in [-0.4, -0.2) is 52.2 Å². The summed E-state index contributed by atoms with van der Waals surface area (Å²) in [4.78, 5) is 14.3. The first-order chi connectivity index (χ1) is 15.2. The lowest BCUT2D eigenvalue weighted by molar-refractivity contribution is -0.144. The zero-order valence-electron chi connectivity index (χ0n) is 18.1. The second kappa shape index (κ2) is 10.7. The number of aromatic hydroxyl groups is 1. The Morgan fingerprint density at radius 1 is 1.25 bits per heavy atom. The first kappa shape index (κ1) is 24.6. The molecule has 2 radical (unpaired) electrons. The van der Waals surface area contributed by atoms with Crippen molar-refractivity contribution in [2.75, 3.05) is 6.61 Å². The molecule has 2 aromatic rings. The van der Waals surface area contributed by atoms with E-state index < -0.39 is 17.3 Å².